The Labute approximate surface area is 196 Å². The van der Waals surface area contributed by atoms with Crippen LogP contribution in [0.4, 0.5) is 4.39 Å². The molecule has 1 saturated carbocycles. The number of nitrogens with zero attached hydrogens (tertiary/aromatic N) is 5. The van der Waals surface area contributed by atoms with Gasteiger partial charge in [-0.2, -0.15) is 0 Å². The molecule has 0 unspecified atom stereocenters. The van der Waals surface area contributed by atoms with Crippen LogP contribution < -0.4 is 10.4 Å². The summed E-state index contributed by atoms with van der Waals surface area (Å²) in [5, 5.41) is 0.735. The van der Waals surface area contributed by atoms with Crippen LogP contribution in [0.5, 0.6) is 5.88 Å². The summed E-state index contributed by atoms with van der Waals surface area (Å²) in [6.07, 6.45) is 4.94. The predicted molar refractivity (Wildman–Crippen MR) is 129 cm³/mol. The molecule has 3 aromatic heterocycles. The first-order valence-corrected chi connectivity index (χ1v) is 11.3. The SMILES string of the molecule is COC1CC(n2c(=O)n(C)c3cnc4cc(F)c(-c5ccc(OCCN(C)C)nc5)cc4c32)C1. The van der Waals surface area contributed by atoms with Crippen molar-refractivity contribution in [1.29, 1.82) is 0 Å². The van der Waals surface area contributed by atoms with Gasteiger partial charge in [-0.3, -0.25) is 14.1 Å². The zero-order valence-corrected chi connectivity index (χ0v) is 19.8. The molecular formula is C25H28FN5O3. The molecule has 1 aliphatic rings. The molecule has 0 aliphatic heterocycles. The molecule has 0 bridgehead atoms. The van der Waals surface area contributed by atoms with Gasteiger partial charge < -0.3 is 14.4 Å². The molecule has 9 heteroatoms. The van der Waals surface area contributed by atoms with Gasteiger partial charge in [0, 0.05) is 61.6 Å². The van der Waals surface area contributed by atoms with E-state index in [1.54, 1.807) is 49.3 Å². The number of hydrogen-bond donors (Lipinski definition) is 0. The number of fused-ring (bicyclic) bond motifs is 3. The molecule has 34 heavy (non-hydrogen) atoms. The standard InChI is InChI=1S/C25H28FN5O3/c1-29(2)7-8-34-23-6-5-15(13-28-23)18-11-19-21(12-20(18)26)27-14-22-24(19)31(25(32)30(22)3)16-9-17(10-16)33-4/h5-6,11-14,16-17H,7-10H2,1-4H3. The molecule has 0 spiro atoms. The Morgan fingerprint density at radius 1 is 1.18 bits per heavy atom. The van der Waals surface area contributed by atoms with Gasteiger partial charge in [-0.25, -0.2) is 14.2 Å². The average molecular weight is 466 g/mol. The van der Waals surface area contributed by atoms with E-state index >= 15 is 4.39 Å². The molecular weight excluding hydrogens is 437 g/mol. The molecule has 4 aromatic rings. The molecule has 1 aromatic carbocycles. The Morgan fingerprint density at radius 2 is 1.97 bits per heavy atom. The van der Waals surface area contributed by atoms with Crippen molar-refractivity contribution in [1.82, 2.24) is 24.0 Å². The number of halogens is 1. The first-order valence-electron chi connectivity index (χ1n) is 11.3. The fourth-order valence-electron chi connectivity index (χ4n) is 4.51. The van der Waals surface area contributed by atoms with Crippen LogP contribution in [0.1, 0.15) is 18.9 Å². The lowest BCUT2D eigenvalue weighted by molar-refractivity contribution is 0.00635. The zero-order valence-electron chi connectivity index (χ0n) is 19.8. The van der Waals surface area contributed by atoms with Crippen LogP contribution in [0.2, 0.25) is 0 Å². The van der Waals surface area contributed by atoms with E-state index in [0.717, 1.165) is 35.8 Å². The summed E-state index contributed by atoms with van der Waals surface area (Å²) in [4.78, 5) is 23.9. The summed E-state index contributed by atoms with van der Waals surface area (Å²) < 4.78 is 29.6. The second kappa shape index (κ2) is 8.81. The highest BCUT2D eigenvalue weighted by molar-refractivity contribution is 6.04. The maximum atomic E-state index is 15.1. The monoisotopic (exact) mass is 465 g/mol. The van der Waals surface area contributed by atoms with E-state index in [4.69, 9.17) is 9.47 Å². The number of pyridine rings is 2. The van der Waals surface area contributed by atoms with Gasteiger partial charge in [0.15, 0.2) is 0 Å². The summed E-state index contributed by atoms with van der Waals surface area (Å²) in [6.45, 7) is 1.29. The predicted octanol–water partition coefficient (Wildman–Crippen LogP) is 3.38. The summed E-state index contributed by atoms with van der Waals surface area (Å²) in [7, 11) is 7.38. The Hall–Kier alpha value is -3.30. The van der Waals surface area contributed by atoms with Gasteiger partial charge in [0.2, 0.25) is 5.88 Å². The Balaban J connectivity index is 1.58. The minimum absolute atomic E-state index is 0.0421. The molecule has 0 N–H and O–H groups in total. The molecule has 0 saturated heterocycles. The van der Waals surface area contributed by atoms with E-state index in [9.17, 15) is 4.79 Å². The third kappa shape index (κ3) is 3.84. The van der Waals surface area contributed by atoms with Crippen LogP contribution in [0.25, 0.3) is 33.1 Å². The second-order valence-corrected chi connectivity index (χ2v) is 9.07. The lowest BCUT2D eigenvalue weighted by Gasteiger charge is -2.34. The third-order valence-corrected chi connectivity index (χ3v) is 6.61. The highest BCUT2D eigenvalue weighted by Gasteiger charge is 2.33. The molecule has 1 fully saturated rings. The minimum atomic E-state index is -0.393. The largest absolute Gasteiger partial charge is 0.476 e. The number of aryl methyl sites for hydroxylation is 1. The minimum Gasteiger partial charge on any atom is -0.476 e. The van der Waals surface area contributed by atoms with Gasteiger partial charge in [0.25, 0.3) is 0 Å². The molecule has 5 rings (SSSR count). The first-order chi connectivity index (χ1) is 16.4. The Bertz CT molecular complexity index is 1400. The summed E-state index contributed by atoms with van der Waals surface area (Å²) >= 11 is 0. The summed E-state index contributed by atoms with van der Waals surface area (Å²) in [5.41, 5.74) is 2.93. The third-order valence-electron chi connectivity index (χ3n) is 6.61. The van der Waals surface area contributed by atoms with Gasteiger partial charge in [-0.05, 0) is 39.1 Å². The normalized spacial score (nSPS) is 18.1. The average Bonchev–Trinajstić information content (AvgIpc) is 3.04. The van der Waals surface area contributed by atoms with Crippen LogP contribution in [-0.4, -0.2) is 64.5 Å². The van der Waals surface area contributed by atoms with Crippen molar-refractivity contribution in [2.24, 2.45) is 7.05 Å². The quantitative estimate of drug-likeness (QED) is 0.417. The lowest BCUT2D eigenvalue weighted by Crippen LogP contribution is -2.37. The van der Waals surface area contributed by atoms with E-state index in [1.807, 2.05) is 23.6 Å². The van der Waals surface area contributed by atoms with E-state index < -0.39 is 5.82 Å². The number of imidazole rings is 1. The van der Waals surface area contributed by atoms with Crippen molar-refractivity contribution in [2.45, 2.75) is 25.0 Å². The molecule has 0 amide bonds. The molecule has 0 atom stereocenters. The highest BCUT2D eigenvalue weighted by Crippen LogP contribution is 2.38. The summed E-state index contributed by atoms with van der Waals surface area (Å²) in [6, 6.07) is 6.77. The number of aromatic nitrogens is 4. The number of likely N-dealkylation sites (N-methyl/N-ethyl adjacent to an activating group) is 1. The van der Waals surface area contributed by atoms with Crippen molar-refractivity contribution in [2.75, 3.05) is 34.4 Å². The number of methoxy groups -OCH3 is 1. The van der Waals surface area contributed by atoms with Crippen molar-refractivity contribution in [3.8, 4) is 17.0 Å². The van der Waals surface area contributed by atoms with Crippen LogP contribution in [-0.2, 0) is 11.8 Å². The van der Waals surface area contributed by atoms with Crippen LogP contribution in [0.3, 0.4) is 0 Å². The smallest absolute Gasteiger partial charge is 0.329 e. The first kappa shape index (κ1) is 22.5. The molecule has 8 nitrogen and oxygen atoms in total. The van der Waals surface area contributed by atoms with Gasteiger partial charge in [0.1, 0.15) is 12.4 Å². The zero-order chi connectivity index (χ0) is 24.0. The van der Waals surface area contributed by atoms with Crippen molar-refractivity contribution in [3.63, 3.8) is 0 Å². The number of ether oxygens (including phenoxy) is 2. The molecule has 1 aliphatic carbocycles. The van der Waals surface area contributed by atoms with Gasteiger partial charge in [0.05, 0.1) is 28.9 Å². The Kier molecular flexibility index (Phi) is 5.83. The van der Waals surface area contributed by atoms with Gasteiger partial charge >= 0.3 is 5.69 Å². The van der Waals surface area contributed by atoms with E-state index in [2.05, 4.69) is 9.97 Å². The van der Waals surface area contributed by atoms with Crippen LogP contribution in [0, 0.1) is 5.82 Å². The number of hydrogen-bond acceptors (Lipinski definition) is 6. The summed E-state index contributed by atoms with van der Waals surface area (Å²) in [5.74, 6) is 0.0979. The molecule has 3 heterocycles. The topological polar surface area (TPSA) is 74.4 Å². The van der Waals surface area contributed by atoms with E-state index in [1.165, 1.54) is 6.07 Å². The highest BCUT2D eigenvalue weighted by atomic mass is 19.1. The van der Waals surface area contributed by atoms with E-state index in [0.29, 0.717) is 29.1 Å². The number of benzene rings is 1. The molecule has 178 valence electrons. The fourth-order valence-corrected chi connectivity index (χ4v) is 4.51. The van der Waals surface area contributed by atoms with Crippen molar-refractivity contribution in [3.05, 3.63) is 53.0 Å². The maximum Gasteiger partial charge on any atom is 0.329 e. The molecule has 0 radical (unpaired) electrons. The van der Waals surface area contributed by atoms with Crippen molar-refractivity contribution < 1.29 is 13.9 Å². The van der Waals surface area contributed by atoms with E-state index in [-0.39, 0.29) is 17.8 Å². The number of rotatable bonds is 7. The van der Waals surface area contributed by atoms with Gasteiger partial charge in [-0.15, -0.1) is 0 Å². The Morgan fingerprint density at radius 3 is 2.65 bits per heavy atom. The van der Waals surface area contributed by atoms with Crippen molar-refractivity contribution >= 4 is 21.9 Å². The van der Waals surface area contributed by atoms with Crippen LogP contribution in [0.15, 0.2) is 41.5 Å². The second-order valence-electron chi connectivity index (χ2n) is 9.07. The lowest BCUT2D eigenvalue weighted by atomic mass is 9.89. The fraction of sp³-hybridized carbons (Fsp3) is 0.400. The maximum absolute atomic E-state index is 15.1. The van der Waals surface area contributed by atoms with Crippen LogP contribution >= 0.6 is 0 Å². The van der Waals surface area contributed by atoms with Gasteiger partial charge in [-0.1, -0.05) is 0 Å².